The summed E-state index contributed by atoms with van der Waals surface area (Å²) in [5, 5.41) is 1.37. The van der Waals surface area contributed by atoms with Gasteiger partial charge in [0.1, 0.15) is 5.75 Å². The zero-order valence-corrected chi connectivity index (χ0v) is 19.1. The Bertz CT molecular complexity index is 1040. The Morgan fingerprint density at radius 1 is 1.14 bits per heavy atom. The van der Waals surface area contributed by atoms with E-state index in [1.165, 1.54) is 0 Å². The van der Waals surface area contributed by atoms with Crippen molar-refractivity contribution < 1.29 is 19.1 Å². The van der Waals surface area contributed by atoms with E-state index in [2.05, 4.69) is 22.6 Å². The predicted octanol–water partition coefficient (Wildman–Crippen LogP) is 5.21. The fourth-order valence-electron chi connectivity index (χ4n) is 3.23. The van der Waals surface area contributed by atoms with Crippen molar-refractivity contribution >= 4 is 57.0 Å². The molecule has 0 atom stereocenters. The molecule has 0 spiro atoms. The summed E-state index contributed by atoms with van der Waals surface area (Å²) < 4.78 is 13.2. The van der Waals surface area contributed by atoms with E-state index in [9.17, 15) is 9.59 Å². The van der Waals surface area contributed by atoms with E-state index in [0.717, 1.165) is 27.3 Å². The molecular formula is C22H21ClINO4. The van der Waals surface area contributed by atoms with E-state index in [1.54, 1.807) is 42.0 Å². The highest BCUT2D eigenvalue weighted by atomic mass is 127. The molecule has 152 valence electrons. The van der Waals surface area contributed by atoms with Crippen LogP contribution in [0.4, 0.5) is 0 Å². The van der Waals surface area contributed by atoms with Gasteiger partial charge in [0.05, 0.1) is 25.7 Å². The first-order valence-electron chi connectivity index (χ1n) is 9.16. The molecule has 0 N–H and O–H groups in total. The van der Waals surface area contributed by atoms with Crippen LogP contribution in [0.2, 0.25) is 5.02 Å². The number of carbonyl (C=O) groups excluding carboxylic acids is 2. The van der Waals surface area contributed by atoms with Gasteiger partial charge in [0, 0.05) is 26.1 Å². The standard InChI is InChI=1S/C22H21ClINO4/c1-14-18(13-21(26)29-11-3-10-24)19-12-17(28-2)8-9-20(19)25(14)22(27)15-4-6-16(23)7-5-15/h4-9,12H,3,10-11,13H2,1-2H3. The van der Waals surface area contributed by atoms with E-state index in [1.807, 2.05) is 19.1 Å². The van der Waals surface area contributed by atoms with Crippen LogP contribution in [0.5, 0.6) is 5.75 Å². The van der Waals surface area contributed by atoms with Crippen LogP contribution in [0.1, 0.15) is 28.0 Å². The van der Waals surface area contributed by atoms with Crippen molar-refractivity contribution in [2.75, 3.05) is 18.1 Å². The molecule has 1 heterocycles. The van der Waals surface area contributed by atoms with Crippen LogP contribution >= 0.6 is 34.2 Å². The second kappa shape index (κ2) is 9.63. The Balaban J connectivity index is 2.06. The van der Waals surface area contributed by atoms with Gasteiger partial charge in [-0.1, -0.05) is 34.2 Å². The van der Waals surface area contributed by atoms with Gasteiger partial charge < -0.3 is 9.47 Å². The van der Waals surface area contributed by atoms with E-state index < -0.39 is 0 Å². The first-order valence-corrected chi connectivity index (χ1v) is 11.1. The molecule has 0 saturated carbocycles. The molecule has 0 aliphatic heterocycles. The van der Waals surface area contributed by atoms with E-state index in [0.29, 0.717) is 28.6 Å². The van der Waals surface area contributed by atoms with Gasteiger partial charge in [-0.15, -0.1) is 0 Å². The molecule has 29 heavy (non-hydrogen) atoms. The average Bonchev–Trinajstić information content (AvgIpc) is 2.99. The quantitative estimate of drug-likeness (QED) is 0.184. The van der Waals surface area contributed by atoms with E-state index in [4.69, 9.17) is 21.1 Å². The lowest BCUT2D eigenvalue weighted by atomic mass is 10.1. The molecule has 3 aromatic rings. The second-order valence-corrected chi connectivity index (χ2v) is 8.05. The van der Waals surface area contributed by atoms with Crippen molar-refractivity contribution in [3.63, 3.8) is 0 Å². The number of methoxy groups -OCH3 is 1. The molecule has 7 heteroatoms. The average molecular weight is 526 g/mol. The summed E-state index contributed by atoms with van der Waals surface area (Å²) >= 11 is 8.20. The number of nitrogens with zero attached hydrogens (tertiary/aromatic N) is 1. The van der Waals surface area contributed by atoms with Gasteiger partial charge >= 0.3 is 5.97 Å². The number of benzene rings is 2. The normalized spacial score (nSPS) is 10.9. The summed E-state index contributed by atoms with van der Waals surface area (Å²) in [6, 6.07) is 12.2. The maximum absolute atomic E-state index is 13.2. The number of rotatable bonds is 7. The van der Waals surface area contributed by atoms with Crippen LogP contribution in [-0.4, -0.2) is 34.6 Å². The lowest BCUT2D eigenvalue weighted by Crippen LogP contribution is -2.14. The van der Waals surface area contributed by atoms with Gasteiger partial charge in [-0.2, -0.15) is 0 Å². The van der Waals surface area contributed by atoms with E-state index in [-0.39, 0.29) is 18.3 Å². The van der Waals surface area contributed by atoms with Crippen LogP contribution < -0.4 is 4.74 Å². The maximum Gasteiger partial charge on any atom is 0.310 e. The van der Waals surface area contributed by atoms with Crippen molar-refractivity contribution in [3.05, 3.63) is 64.3 Å². The molecule has 2 aromatic carbocycles. The lowest BCUT2D eigenvalue weighted by molar-refractivity contribution is -0.142. The second-order valence-electron chi connectivity index (χ2n) is 6.53. The highest BCUT2D eigenvalue weighted by Crippen LogP contribution is 2.31. The zero-order valence-electron chi connectivity index (χ0n) is 16.2. The summed E-state index contributed by atoms with van der Waals surface area (Å²) in [5.41, 5.74) is 2.71. The minimum Gasteiger partial charge on any atom is -0.497 e. The van der Waals surface area contributed by atoms with Crippen LogP contribution in [0.25, 0.3) is 10.9 Å². The van der Waals surface area contributed by atoms with Gasteiger partial charge in [-0.25, -0.2) is 0 Å². The fraction of sp³-hybridized carbons (Fsp3) is 0.273. The third-order valence-corrected chi connectivity index (χ3v) is 5.71. The monoisotopic (exact) mass is 525 g/mol. The maximum atomic E-state index is 13.2. The third kappa shape index (κ3) is 4.75. The van der Waals surface area contributed by atoms with Gasteiger partial charge in [-0.05, 0) is 61.4 Å². The van der Waals surface area contributed by atoms with Gasteiger partial charge in [0.25, 0.3) is 5.91 Å². The molecule has 0 aliphatic rings. The van der Waals surface area contributed by atoms with Crippen molar-refractivity contribution in [3.8, 4) is 5.75 Å². The topological polar surface area (TPSA) is 57.5 Å². The first-order chi connectivity index (χ1) is 14.0. The molecule has 3 rings (SSSR count). The Hall–Kier alpha value is -2.06. The van der Waals surface area contributed by atoms with Gasteiger partial charge in [-0.3, -0.25) is 14.2 Å². The molecule has 0 saturated heterocycles. The number of esters is 1. The lowest BCUT2D eigenvalue weighted by Gasteiger charge is -2.08. The van der Waals surface area contributed by atoms with Gasteiger partial charge in [0.15, 0.2) is 0 Å². The van der Waals surface area contributed by atoms with Crippen molar-refractivity contribution in [2.24, 2.45) is 0 Å². The number of hydrogen-bond donors (Lipinski definition) is 0. The summed E-state index contributed by atoms with van der Waals surface area (Å²) in [5.74, 6) is 0.172. The Morgan fingerprint density at radius 3 is 2.52 bits per heavy atom. The van der Waals surface area contributed by atoms with E-state index >= 15 is 0 Å². The van der Waals surface area contributed by atoms with Crippen molar-refractivity contribution in [2.45, 2.75) is 19.8 Å². The Labute approximate surface area is 188 Å². The Kier molecular flexibility index (Phi) is 7.18. The molecule has 0 amide bonds. The minimum atomic E-state index is -0.307. The van der Waals surface area contributed by atoms with Crippen LogP contribution in [0.3, 0.4) is 0 Å². The van der Waals surface area contributed by atoms with Crippen LogP contribution in [0, 0.1) is 6.92 Å². The molecule has 0 aliphatic carbocycles. The number of halogens is 2. The highest BCUT2D eigenvalue weighted by molar-refractivity contribution is 14.1. The molecule has 0 fully saturated rings. The number of carbonyl (C=O) groups is 2. The number of aromatic nitrogens is 1. The SMILES string of the molecule is COc1ccc2c(c1)c(CC(=O)OCCCI)c(C)n2C(=O)c1ccc(Cl)cc1. The first kappa shape index (κ1) is 21.6. The number of hydrogen-bond acceptors (Lipinski definition) is 4. The molecule has 0 bridgehead atoms. The molecule has 0 unspecified atom stereocenters. The highest BCUT2D eigenvalue weighted by Gasteiger charge is 2.22. The molecule has 5 nitrogen and oxygen atoms in total. The number of alkyl halides is 1. The Morgan fingerprint density at radius 2 is 1.86 bits per heavy atom. The zero-order chi connectivity index (χ0) is 21.0. The summed E-state index contributed by atoms with van der Waals surface area (Å²) in [4.78, 5) is 25.6. The summed E-state index contributed by atoms with van der Waals surface area (Å²) in [7, 11) is 1.59. The number of ether oxygens (including phenoxy) is 2. The fourth-order valence-corrected chi connectivity index (χ4v) is 3.67. The molecule has 0 radical (unpaired) electrons. The van der Waals surface area contributed by atoms with Crippen LogP contribution in [-0.2, 0) is 16.0 Å². The minimum absolute atomic E-state index is 0.0949. The van der Waals surface area contributed by atoms with Gasteiger partial charge in [0.2, 0.25) is 0 Å². The molecular weight excluding hydrogens is 505 g/mol. The number of fused-ring (bicyclic) bond motifs is 1. The largest absolute Gasteiger partial charge is 0.497 e. The van der Waals surface area contributed by atoms with Crippen molar-refractivity contribution in [1.82, 2.24) is 4.57 Å². The summed E-state index contributed by atoms with van der Waals surface area (Å²) in [6.07, 6.45) is 0.910. The van der Waals surface area contributed by atoms with Crippen molar-refractivity contribution in [1.29, 1.82) is 0 Å². The smallest absolute Gasteiger partial charge is 0.310 e. The predicted molar refractivity (Wildman–Crippen MR) is 123 cm³/mol. The molecule has 1 aromatic heterocycles. The van der Waals surface area contributed by atoms with Crippen LogP contribution in [0.15, 0.2) is 42.5 Å². The summed E-state index contributed by atoms with van der Waals surface area (Å²) in [6.45, 7) is 2.24. The third-order valence-electron chi connectivity index (χ3n) is 4.70.